The first-order valence-corrected chi connectivity index (χ1v) is 11.9. The Morgan fingerprint density at radius 1 is 0.615 bits per heavy atom. The third-order valence-corrected chi connectivity index (χ3v) is 16.3. The van der Waals surface area contributed by atoms with Crippen molar-refractivity contribution in [2.45, 2.75) is 57.3 Å². The van der Waals surface area contributed by atoms with Gasteiger partial charge in [0.05, 0.1) is 0 Å². The van der Waals surface area contributed by atoms with E-state index in [1.807, 2.05) is 0 Å². The van der Waals surface area contributed by atoms with Crippen molar-refractivity contribution in [3.63, 3.8) is 0 Å². The summed E-state index contributed by atoms with van der Waals surface area (Å²) in [7, 11) is 6.01. The van der Waals surface area contributed by atoms with Crippen LogP contribution < -0.4 is 0 Å². The Labute approximate surface area is 97.9 Å². The Bertz CT molecular complexity index is 102. The zero-order chi connectivity index (χ0) is 10.4. The fourth-order valence-corrected chi connectivity index (χ4v) is 20.6. The van der Waals surface area contributed by atoms with Gasteiger partial charge in [-0.2, -0.15) is 0 Å². The molecule has 0 amide bonds. The van der Waals surface area contributed by atoms with Crippen LogP contribution in [0.4, 0.5) is 0 Å². The summed E-state index contributed by atoms with van der Waals surface area (Å²) in [5.41, 5.74) is 0. The molecule has 0 heterocycles. The van der Waals surface area contributed by atoms with Crippen LogP contribution in [-0.4, -0.2) is 26.5 Å². The maximum absolute atomic E-state index is 2.31. The molecule has 0 aliphatic heterocycles. The zero-order valence-corrected chi connectivity index (χ0v) is 13.1. The second-order valence-electron chi connectivity index (χ2n) is 3.84. The molecule has 0 aromatic rings. The highest BCUT2D eigenvalue weighted by Crippen LogP contribution is 2.36. The van der Waals surface area contributed by atoms with Crippen molar-refractivity contribution in [3.05, 3.63) is 0 Å². The largest absolute Gasteiger partial charge is 0.515 e. The van der Waals surface area contributed by atoms with E-state index >= 15 is 0 Å². The molecule has 0 aliphatic carbocycles. The molecule has 13 heavy (non-hydrogen) atoms. The lowest BCUT2D eigenvalue weighted by atomic mass is 10.6. The molecule has 0 saturated carbocycles. The smallest absolute Gasteiger partial charge is 0.227 e. The van der Waals surface area contributed by atoms with E-state index in [4.69, 9.17) is 0 Å². The highest BCUT2D eigenvalue weighted by molar-refractivity contribution is 8.77. The van der Waals surface area contributed by atoms with E-state index in [1.54, 1.807) is 0 Å². The lowest BCUT2D eigenvalue weighted by Gasteiger charge is -2.17. The first-order chi connectivity index (χ1) is 5.91. The lowest BCUT2D eigenvalue weighted by molar-refractivity contribution is 1.12. The molecular formula is C9H21AlS3. The average Bonchev–Trinajstić information content (AvgIpc) is 1.80. The molecule has 0 fully saturated rings. The van der Waals surface area contributed by atoms with Gasteiger partial charge >= 0.3 is 10.8 Å². The fourth-order valence-electron chi connectivity index (χ4n) is 0.763. The molecule has 0 saturated heterocycles. The molecule has 0 spiro atoms. The van der Waals surface area contributed by atoms with Gasteiger partial charge in [-0.15, -0.1) is 0 Å². The van der Waals surface area contributed by atoms with Crippen molar-refractivity contribution in [2.75, 3.05) is 0 Å². The normalized spacial score (nSPS) is 11.8. The summed E-state index contributed by atoms with van der Waals surface area (Å²) in [4.78, 5) is 0. The molecule has 78 valence electrons. The molecule has 0 radical (unpaired) electrons. The SMILES string of the molecule is CC(C)[S][Al]([S]C(C)C)[S]C(C)C. The second-order valence-corrected chi connectivity index (χ2v) is 17.4. The van der Waals surface area contributed by atoms with Gasteiger partial charge in [-0.1, -0.05) is 41.5 Å². The van der Waals surface area contributed by atoms with Crippen LogP contribution in [-0.2, 0) is 0 Å². The topological polar surface area (TPSA) is 0 Å². The number of hydrogen-bond acceptors (Lipinski definition) is 3. The van der Waals surface area contributed by atoms with Crippen LogP contribution in [0, 0.1) is 0 Å². The molecule has 0 nitrogen and oxygen atoms in total. The van der Waals surface area contributed by atoms with Crippen LogP contribution >= 0.6 is 30.4 Å². The molecule has 4 heteroatoms. The third kappa shape index (κ3) is 9.88. The zero-order valence-electron chi connectivity index (χ0n) is 9.53. The van der Waals surface area contributed by atoms with Crippen LogP contribution in [0.2, 0.25) is 0 Å². The third-order valence-electron chi connectivity index (χ3n) is 1.15. The fraction of sp³-hybridized carbons (Fsp3) is 1.00. The summed E-state index contributed by atoms with van der Waals surface area (Å²) in [5, 5.41) is 2.40. The number of rotatable bonds is 6. The Balaban J connectivity index is 3.87. The standard InChI is InChI=1S/3C3H8S.Al/c3*1-3(2)4;/h3*3-4H,1-2H3;/q;;;+3/p-3. The highest BCUT2D eigenvalue weighted by atomic mass is 32.6. The van der Waals surface area contributed by atoms with Crippen molar-refractivity contribution in [2.24, 2.45) is 0 Å². The van der Waals surface area contributed by atoms with Crippen molar-refractivity contribution < 1.29 is 0 Å². The summed E-state index contributed by atoms with van der Waals surface area (Å²) >= 11 is 0. The summed E-state index contributed by atoms with van der Waals surface area (Å²) in [6.45, 7) is 13.9. The first kappa shape index (κ1) is 14.6. The van der Waals surface area contributed by atoms with E-state index in [2.05, 4.69) is 71.9 Å². The molecule has 0 rings (SSSR count). The molecule has 0 aliphatic rings. The predicted octanol–water partition coefficient (Wildman–Crippen LogP) is 4.40. The minimum absolute atomic E-state index is 0.657. The minimum Gasteiger partial charge on any atom is -0.227 e. The molecule has 0 bridgehead atoms. The van der Waals surface area contributed by atoms with Gasteiger partial charge < -0.3 is 0 Å². The van der Waals surface area contributed by atoms with Crippen LogP contribution in [0.3, 0.4) is 0 Å². The van der Waals surface area contributed by atoms with Gasteiger partial charge in [-0.05, 0) is 15.7 Å². The Morgan fingerprint density at radius 3 is 1.00 bits per heavy atom. The molecular weight excluding hydrogens is 231 g/mol. The maximum atomic E-state index is 2.31. The summed E-state index contributed by atoms with van der Waals surface area (Å²) < 4.78 is 0. The van der Waals surface area contributed by atoms with Gasteiger partial charge in [0.2, 0.25) is 0 Å². The quantitative estimate of drug-likeness (QED) is 0.643. The molecule has 0 aromatic carbocycles. The molecule has 0 atom stereocenters. The van der Waals surface area contributed by atoms with Gasteiger partial charge in [0.1, 0.15) is 0 Å². The number of hydrogen-bond donors (Lipinski definition) is 0. The summed E-state index contributed by atoms with van der Waals surface area (Å²) in [5.74, 6) is 0. The van der Waals surface area contributed by atoms with Crippen molar-refractivity contribution in [1.82, 2.24) is 0 Å². The van der Waals surface area contributed by atoms with Crippen molar-refractivity contribution >= 4 is 41.1 Å². The maximum Gasteiger partial charge on any atom is 0.515 e. The van der Waals surface area contributed by atoms with Gasteiger partial charge in [0, 0.05) is 0 Å². The molecule has 0 N–H and O–H groups in total. The lowest BCUT2D eigenvalue weighted by Crippen LogP contribution is -2.10. The van der Waals surface area contributed by atoms with Gasteiger partial charge in [0.15, 0.2) is 0 Å². The monoisotopic (exact) mass is 252 g/mol. The van der Waals surface area contributed by atoms with E-state index in [1.165, 1.54) is 0 Å². The Kier molecular flexibility index (Phi) is 8.77. The van der Waals surface area contributed by atoms with Crippen LogP contribution in [0.1, 0.15) is 41.5 Å². The van der Waals surface area contributed by atoms with Gasteiger partial charge in [0.25, 0.3) is 0 Å². The second kappa shape index (κ2) is 7.82. The van der Waals surface area contributed by atoms with E-state index < -0.39 is 10.8 Å². The van der Waals surface area contributed by atoms with Gasteiger partial charge in [-0.3, -0.25) is 0 Å². The van der Waals surface area contributed by atoms with E-state index in [0.29, 0.717) is 0 Å². The van der Waals surface area contributed by atoms with Crippen molar-refractivity contribution in [3.8, 4) is 0 Å². The predicted molar refractivity (Wildman–Crippen MR) is 73.9 cm³/mol. The summed E-state index contributed by atoms with van der Waals surface area (Å²) in [6, 6.07) is 0. The van der Waals surface area contributed by atoms with Crippen LogP contribution in [0.25, 0.3) is 0 Å². The molecule has 0 aromatic heterocycles. The Hall–Kier alpha value is 1.58. The van der Waals surface area contributed by atoms with Crippen LogP contribution in [0.5, 0.6) is 0 Å². The highest BCUT2D eigenvalue weighted by Gasteiger charge is 2.24. The van der Waals surface area contributed by atoms with Crippen molar-refractivity contribution in [1.29, 1.82) is 0 Å². The van der Waals surface area contributed by atoms with E-state index in [0.717, 1.165) is 15.7 Å². The van der Waals surface area contributed by atoms with Gasteiger partial charge in [-0.25, -0.2) is 30.4 Å². The first-order valence-electron chi connectivity index (χ1n) is 4.88. The summed E-state index contributed by atoms with van der Waals surface area (Å²) in [6.07, 6.45) is 0. The Morgan fingerprint density at radius 2 is 0.846 bits per heavy atom. The molecule has 0 unspecified atom stereocenters. The van der Waals surface area contributed by atoms with E-state index in [-0.39, 0.29) is 0 Å². The van der Waals surface area contributed by atoms with E-state index in [9.17, 15) is 0 Å². The minimum atomic E-state index is -0.657. The average molecular weight is 252 g/mol. The van der Waals surface area contributed by atoms with Crippen LogP contribution in [0.15, 0.2) is 0 Å².